The molecule has 2 heteroatoms. The third-order valence-corrected chi connectivity index (χ3v) is 6.40. The van der Waals surface area contributed by atoms with Crippen LogP contribution in [0.1, 0.15) is 49.7 Å². The number of nitrogens with zero attached hydrogens (tertiary/aromatic N) is 1. The maximum atomic E-state index is 6.06. The van der Waals surface area contributed by atoms with E-state index in [0.717, 1.165) is 18.3 Å². The second-order valence-electron chi connectivity index (χ2n) is 7.81. The summed E-state index contributed by atoms with van der Waals surface area (Å²) in [5.74, 6) is 2.16. The largest absolute Gasteiger partial charge is 0.493 e. The zero-order chi connectivity index (χ0) is 14.8. The molecule has 2 bridgehead atoms. The van der Waals surface area contributed by atoms with Crippen LogP contribution in [0, 0.1) is 5.92 Å². The Hall–Kier alpha value is -1.02. The molecular weight excluding hydrogens is 270 g/mol. The van der Waals surface area contributed by atoms with Crippen LogP contribution in [0.5, 0.6) is 5.75 Å². The molecule has 3 aliphatic heterocycles. The molecule has 3 saturated heterocycles. The number of quaternary nitrogens is 1. The van der Waals surface area contributed by atoms with Gasteiger partial charge in [0, 0.05) is 6.42 Å². The smallest absolute Gasteiger partial charge is 0.119 e. The molecule has 0 aromatic heterocycles. The number of hydrogen-bond donors (Lipinski definition) is 0. The third kappa shape index (κ3) is 3.03. The molecule has 1 aromatic carbocycles. The van der Waals surface area contributed by atoms with Crippen molar-refractivity contribution < 1.29 is 9.22 Å². The van der Waals surface area contributed by atoms with Crippen LogP contribution in [-0.2, 0) is 12.8 Å². The van der Waals surface area contributed by atoms with Gasteiger partial charge in [-0.05, 0) is 74.1 Å². The Balaban J connectivity index is 1.26. The Bertz CT molecular complexity index is 503. The summed E-state index contributed by atoms with van der Waals surface area (Å²) in [5.41, 5.74) is 3.08. The lowest BCUT2D eigenvalue weighted by Crippen LogP contribution is -2.58. The predicted molar refractivity (Wildman–Crippen MR) is 90.3 cm³/mol. The lowest BCUT2D eigenvalue weighted by molar-refractivity contribution is -0.942. The average molecular weight is 300 g/mol. The fourth-order valence-corrected chi connectivity index (χ4v) is 4.86. The summed E-state index contributed by atoms with van der Waals surface area (Å²) in [6.07, 6.45) is 10.8. The molecule has 0 atom stereocenters. The van der Waals surface area contributed by atoms with E-state index in [1.165, 1.54) is 87.6 Å². The lowest BCUT2D eigenvalue weighted by Gasteiger charge is -2.49. The number of ether oxygens (including phenoxy) is 1. The molecule has 2 nitrogen and oxygen atoms in total. The Morgan fingerprint density at radius 3 is 2.45 bits per heavy atom. The molecule has 0 radical (unpaired) electrons. The zero-order valence-electron chi connectivity index (χ0n) is 13.9. The average Bonchev–Trinajstić information content (AvgIpc) is 2.60. The standard InChI is InChI=1S/C20H30NO/c1-2-5-19-16-20(7-6-18(19)4-1)22-15-3-11-21-12-8-17(9-13-21)10-14-21/h6-7,16-17H,1-5,8-15H2/q+1. The highest BCUT2D eigenvalue weighted by molar-refractivity contribution is 5.37. The quantitative estimate of drug-likeness (QED) is 0.591. The van der Waals surface area contributed by atoms with Crippen molar-refractivity contribution >= 4 is 0 Å². The van der Waals surface area contributed by atoms with E-state index in [1.807, 2.05) is 0 Å². The van der Waals surface area contributed by atoms with Crippen molar-refractivity contribution in [1.29, 1.82) is 0 Å². The normalized spacial score (nSPS) is 30.1. The van der Waals surface area contributed by atoms with Gasteiger partial charge in [0.1, 0.15) is 5.75 Å². The van der Waals surface area contributed by atoms with E-state index >= 15 is 0 Å². The van der Waals surface area contributed by atoms with Gasteiger partial charge < -0.3 is 9.22 Å². The van der Waals surface area contributed by atoms with Gasteiger partial charge in [0.05, 0.1) is 32.8 Å². The summed E-state index contributed by atoms with van der Waals surface area (Å²) in [7, 11) is 0. The number of benzene rings is 1. The van der Waals surface area contributed by atoms with Crippen LogP contribution in [0.4, 0.5) is 0 Å². The van der Waals surface area contributed by atoms with E-state index in [1.54, 1.807) is 5.56 Å². The molecule has 5 rings (SSSR count). The topological polar surface area (TPSA) is 9.23 Å². The van der Waals surface area contributed by atoms with E-state index in [9.17, 15) is 0 Å². The van der Waals surface area contributed by atoms with E-state index in [0.29, 0.717) is 0 Å². The Kier molecular flexibility index (Phi) is 4.13. The molecule has 0 amide bonds. The van der Waals surface area contributed by atoms with Gasteiger partial charge in [-0.15, -0.1) is 0 Å². The molecule has 1 aromatic rings. The fourth-order valence-electron chi connectivity index (χ4n) is 4.86. The van der Waals surface area contributed by atoms with Gasteiger partial charge >= 0.3 is 0 Å². The molecule has 1 aliphatic carbocycles. The monoisotopic (exact) mass is 300 g/mol. The van der Waals surface area contributed by atoms with Crippen molar-refractivity contribution in [1.82, 2.24) is 0 Å². The first-order valence-electron chi connectivity index (χ1n) is 9.43. The second-order valence-corrected chi connectivity index (χ2v) is 7.81. The first kappa shape index (κ1) is 14.6. The lowest BCUT2D eigenvalue weighted by atomic mass is 9.85. The number of piperidine rings is 3. The first-order chi connectivity index (χ1) is 10.8. The van der Waals surface area contributed by atoms with Crippen molar-refractivity contribution in [2.24, 2.45) is 5.92 Å². The fraction of sp³-hybridized carbons (Fsp3) is 0.700. The summed E-state index contributed by atoms with van der Waals surface area (Å²) in [6.45, 7) is 6.52. The molecule has 3 fully saturated rings. The zero-order valence-corrected chi connectivity index (χ0v) is 13.9. The van der Waals surface area contributed by atoms with E-state index in [4.69, 9.17) is 4.74 Å². The van der Waals surface area contributed by atoms with Crippen LogP contribution < -0.4 is 4.74 Å². The van der Waals surface area contributed by atoms with Crippen LogP contribution in [0.2, 0.25) is 0 Å². The summed E-state index contributed by atoms with van der Waals surface area (Å²) < 4.78 is 7.45. The summed E-state index contributed by atoms with van der Waals surface area (Å²) in [4.78, 5) is 0. The molecule has 3 heterocycles. The number of fused-ring (bicyclic) bond motifs is 4. The molecule has 0 unspecified atom stereocenters. The van der Waals surface area contributed by atoms with Crippen molar-refractivity contribution in [3.8, 4) is 5.75 Å². The number of hydrogen-bond acceptors (Lipinski definition) is 1. The predicted octanol–water partition coefficient (Wildman–Crippen LogP) is 3.96. The molecule has 0 spiro atoms. The van der Waals surface area contributed by atoms with Gasteiger partial charge in [-0.25, -0.2) is 0 Å². The summed E-state index contributed by atoms with van der Waals surface area (Å²) in [6, 6.07) is 6.78. The van der Waals surface area contributed by atoms with Crippen molar-refractivity contribution in [3.05, 3.63) is 29.3 Å². The molecule has 0 N–H and O–H groups in total. The molecule has 22 heavy (non-hydrogen) atoms. The minimum atomic E-state index is 0.891. The van der Waals surface area contributed by atoms with Crippen LogP contribution in [0.3, 0.4) is 0 Å². The highest BCUT2D eigenvalue weighted by Crippen LogP contribution is 2.33. The molecular formula is C20H30NO+. The molecule has 4 aliphatic rings. The Labute approximate surface area is 135 Å². The maximum absolute atomic E-state index is 6.06. The van der Waals surface area contributed by atoms with Gasteiger partial charge in [0.15, 0.2) is 0 Å². The Morgan fingerprint density at radius 1 is 0.955 bits per heavy atom. The van der Waals surface area contributed by atoms with Crippen LogP contribution in [0.25, 0.3) is 0 Å². The first-order valence-corrected chi connectivity index (χ1v) is 9.43. The number of aryl methyl sites for hydroxylation is 2. The van der Waals surface area contributed by atoms with Crippen molar-refractivity contribution in [3.63, 3.8) is 0 Å². The summed E-state index contributed by atoms with van der Waals surface area (Å²) in [5, 5.41) is 0. The highest BCUT2D eigenvalue weighted by Gasteiger charge is 2.38. The van der Waals surface area contributed by atoms with Gasteiger partial charge in [0.25, 0.3) is 0 Å². The summed E-state index contributed by atoms with van der Waals surface area (Å²) >= 11 is 0. The van der Waals surface area contributed by atoms with E-state index in [-0.39, 0.29) is 0 Å². The minimum absolute atomic E-state index is 0.891. The van der Waals surface area contributed by atoms with E-state index in [2.05, 4.69) is 18.2 Å². The van der Waals surface area contributed by atoms with Gasteiger partial charge in [-0.2, -0.15) is 0 Å². The van der Waals surface area contributed by atoms with Crippen LogP contribution in [-0.4, -0.2) is 37.3 Å². The van der Waals surface area contributed by atoms with Crippen molar-refractivity contribution in [2.45, 2.75) is 51.4 Å². The molecule has 0 saturated carbocycles. The van der Waals surface area contributed by atoms with Gasteiger partial charge in [-0.3, -0.25) is 0 Å². The van der Waals surface area contributed by atoms with Crippen LogP contribution in [0.15, 0.2) is 18.2 Å². The highest BCUT2D eigenvalue weighted by atomic mass is 16.5. The van der Waals surface area contributed by atoms with Crippen LogP contribution >= 0.6 is 0 Å². The van der Waals surface area contributed by atoms with Gasteiger partial charge in [0.2, 0.25) is 0 Å². The second kappa shape index (κ2) is 6.23. The maximum Gasteiger partial charge on any atom is 0.119 e. The third-order valence-electron chi connectivity index (χ3n) is 6.40. The van der Waals surface area contributed by atoms with E-state index < -0.39 is 0 Å². The number of rotatable bonds is 5. The Morgan fingerprint density at radius 2 is 1.68 bits per heavy atom. The van der Waals surface area contributed by atoms with Gasteiger partial charge in [-0.1, -0.05) is 6.07 Å². The minimum Gasteiger partial charge on any atom is -0.493 e. The molecule has 120 valence electrons. The SMILES string of the molecule is c1cc2c(cc1OCCC[N+]13CCC(CC1)CC3)CCCC2. The van der Waals surface area contributed by atoms with Crippen molar-refractivity contribution in [2.75, 3.05) is 32.8 Å².